The van der Waals surface area contributed by atoms with Crippen LogP contribution in [0.5, 0.6) is 0 Å². The minimum atomic E-state index is 0.647. The average Bonchev–Trinajstić information content (AvgIpc) is 2.41. The van der Waals surface area contributed by atoms with Gasteiger partial charge in [0.15, 0.2) is 0 Å². The summed E-state index contributed by atoms with van der Waals surface area (Å²) in [5.41, 5.74) is 1.45. The molecule has 106 valence electrons. The van der Waals surface area contributed by atoms with Crippen LogP contribution in [0.4, 0.5) is 0 Å². The first-order chi connectivity index (χ1) is 9.19. The Morgan fingerprint density at radius 2 is 2.00 bits per heavy atom. The molecule has 1 fully saturated rings. The van der Waals surface area contributed by atoms with E-state index >= 15 is 0 Å². The van der Waals surface area contributed by atoms with Gasteiger partial charge in [-0.3, -0.25) is 0 Å². The smallest absolute Gasteiger partial charge is 0.0175 e. The van der Waals surface area contributed by atoms with E-state index < -0.39 is 0 Å². The Hall–Kier alpha value is -0.340. The molecule has 0 saturated heterocycles. The molecule has 3 atom stereocenters. The van der Waals surface area contributed by atoms with Gasteiger partial charge in [-0.05, 0) is 55.3 Å². The second kappa shape index (κ2) is 7.44. The minimum Gasteiger partial charge on any atom is -0.314 e. The van der Waals surface area contributed by atoms with Gasteiger partial charge < -0.3 is 5.32 Å². The van der Waals surface area contributed by atoms with Crippen molar-refractivity contribution in [1.29, 1.82) is 0 Å². The summed E-state index contributed by atoms with van der Waals surface area (Å²) in [4.78, 5) is 0. The molecule has 1 N–H and O–H groups in total. The molecule has 0 aliphatic heterocycles. The van der Waals surface area contributed by atoms with Crippen LogP contribution in [0.15, 0.2) is 28.7 Å². The zero-order valence-electron chi connectivity index (χ0n) is 12.2. The fraction of sp³-hybridized carbons (Fsp3) is 0.647. The van der Waals surface area contributed by atoms with Gasteiger partial charge in [0.25, 0.3) is 0 Å². The van der Waals surface area contributed by atoms with E-state index in [1.54, 1.807) is 0 Å². The zero-order valence-corrected chi connectivity index (χ0v) is 13.7. The number of hydrogen-bond donors (Lipinski definition) is 1. The monoisotopic (exact) mass is 323 g/mol. The van der Waals surface area contributed by atoms with Gasteiger partial charge in [0.05, 0.1) is 0 Å². The van der Waals surface area contributed by atoms with E-state index in [-0.39, 0.29) is 0 Å². The van der Waals surface area contributed by atoms with Crippen molar-refractivity contribution >= 4 is 15.9 Å². The van der Waals surface area contributed by atoms with Crippen molar-refractivity contribution < 1.29 is 0 Å². The lowest BCUT2D eigenvalue weighted by molar-refractivity contribution is 0.222. The molecule has 1 aromatic carbocycles. The molecule has 1 aliphatic rings. The first-order valence-electron chi connectivity index (χ1n) is 7.67. The Kier molecular flexibility index (Phi) is 5.90. The summed E-state index contributed by atoms with van der Waals surface area (Å²) in [6, 6.07) is 9.46. The fourth-order valence-electron chi connectivity index (χ4n) is 3.39. The highest BCUT2D eigenvalue weighted by atomic mass is 79.9. The van der Waals surface area contributed by atoms with Crippen LogP contribution < -0.4 is 5.32 Å². The highest BCUT2D eigenvalue weighted by molar-refractivity contribution is 9.10. The summed E-state index contributed by atoms with van der Waals surface area (Å²) in [6.45, 7) is 5.71. The first-order valence-corrected chi connectivity index (χ1v) is 8.46. The fourth-order valence-corrected chi connectivity index (χ4v) is 3.65. The van der Waals surface area contributed by atoms with E-state index in [9.17, 15) is 0 Å². The average molecular weight is 324 g/mol. The Labute approximate surface area is 126 Å². The molecule has 0 spiro atoms. The van der Waals surface area contributed by atoms with Crippen molar-refractivity contribution in [2.45, 2.75) is 52.0 Å². The van der Waals surface area contributed by atoms with Crippen molar-refractivity contribution in [3.63, 3.8) is 0 Å². The predicted molar refractivity (Wildman–Crippen MR) is 86.4 cm³/mol. The Morgan fingerprint density at radius 3 is 2.63 bits per heavy atom. The molecule has 0 bridgehead atoms. The molecule has 19 heavy (non-hydrogen) atoms. The van der Waals surface area contributed by atoms with E-state index in [4.69, 9.17) is 0 Å². The van der Waals surface area contributed by atoms with E-state index in [1.807, 2.05) is 0 Å². The number of nitrogens with one attached hydrogen (secondary N) is 1. The highest BCUT2D eigenvalue weighted by Crippen LogP contribution is 2.32. The van der Waals surface area contributed by atoms with Crippen LogP contribution in [0.2, 0.25) is 0 Å². The lowest BCUT2D eigenvalue weighted by Gasteiger charge is -2.34. The van der Waals surface area contributed by atoms with E-state index in [0.717, 1.165) is 18.4 Å². The maximum Gasteiger partial charge on any atom is 0.0175 e. The Balaban J connectivity index is 2.00. The van der Waals surface area contributed by atoms with Gasteiger partial charge in [0.1, 0.15) is 0 Å². The SMILES string of the molecule is CCNC(Cc1ccc(Br)cc1)C1CCCC(C)C1. The van der Waals surface area contributed by atoms with E-state index in [1.165, 1.54) is 42.1 Å². The quantitative estimate of drug-likeness (QED) is 0.821. The van der Waals surface area contributed by atoms with Crippen molar-refractivity contribution in [2.24, 2.45) is 11.8 Å². The van der Waals surface area contributed by atoms with Gasteiger partial charge in [-0.1, -0.05) is 54.8 Å². The van der Waals surface area contributed by atoms with Gasteiger partial charge in [-0.2, -0.15) is 0 Å². The number of rotatable bonds is 5. The summed E-state index contributed by atoms with van der Waals surface area (Å²) in [5, 5.41) is 3.72. The van der Waals surface area contributed by atoms with Gasteiger partial charge in [0, 0.05) is 10.5 Å². The van der Waals surface area contributed by atoms with Gasteiger partial charge in [-0.25, -0.2) is 0 Å². The second-order valence-corrected chi connectivity index (χ2v) is 6.94. The summed E-state index contributed by atoms with van der Waals surface area (Å²) in [6.07, 6.45) is 6.80. The van der Waals surface area contributed by atoms with E-state index in [2.05, 4.69) is 59.4 Å². The molecule has 1 saturated carbocycles. The molecular weight excluding hydrogens is 298 g/mol. The van der Waals surface area contributed by atoms with Crippen LogP contribution in [-0.4, -0.2) is 12.6 Å². The second-order valence-electron chi connectivity index (χ2n) is 6.03. The lowest BCUT2D eigenvalue weighted by Crippen LogP contribution is -2.40. The van der Waals surface area contributed by atoms with Crippen LogP contribution in [0.1, 0.15) is 45.1 Å². The molecule has 0 radical (unpaired) electrons. The molecule has 0 heterocycles. The lowest BCUT2D eigenvalue weighted by atomic mass is 9.77. The van der Waals surface area contributed by atoms with Crippen molar-refractivity contribution in [3.05, 3.63) is 34.3 Å². The minimum absolute atomic E-state index is 0.647. The molecule has 2 heteroatoms. The number of hydrogen-bond acceptors (Lipinski definition) is 1. The largest absolute Gasteiger partial charge is 0.314 e. The molecular formula is C17H26BrN. The number of benzene rings is 1. The van der Waals surface area contributed by atoms with Crippen LogP contribution >= 0.6 is 15.9 Å². The molecule has 1 aliphatic carbocycles. The standard InChI is InChI=1S/C17H26BrN/c1-3-19-17(15-6-4-5-13(2)11-15)12-14-7-9-16(18)10-8-14/h7-10,13,15,17,19H,3-6,11-12H2,1-2H3. The third kappa shape index (κ3) is 4.61. The normalized spacial score (nSPS) is 25.2. The van der Waals surface area contributed by atoms with Gasteiger partial charge >= 0.3 is 0 Å². The zero-order chi connectivity index (χ0) is 13.7. The highest BCUT2D eigenvalue weighted by Gasteiger charge is 2.26. The molecule has 1 nitrogen and oxygen atoms in total. The third-order valence-electron chi connectivity index (χ3n) is 4.38. The summed E-state index contributed by atoms with van der Waals surface area (Å²) in [5.74, 6) is 1.76. The summed E-state index contributed by atoms with van der Waals surface area (Å²) >= 11 is 3.51. The van der Waals surface area contributed by atoms with E-state index in [0.29, 0.717) is 6.04 Å². The maximum absolute atomic E-state index is 3.72. The molecule has 0 amide bonds. The third-order valence-corrected chi connectivity index (χ3v) is 4.91. The maximum atomic E-state index is 3.72. The summed E-state index contributed by atoms with van der Waals surface area (Å²) < 4.78 is 1.17. The number of halogens is 1. The molecule has 0 aromatic heterocycles. The van der Waals surface area contributed by atoms with Crippen molar-refractivity contribution in [2.75, 3.05) is 6.54 Å². The van der Waals surface area contributed by atoms with Gasteiger partial charge in [-0.15, -0.1) is 0 Å². The van der Waals surface area contributed by atoms with Crippen LogP contribution in [0.25, 0.3) is 0 Å². The van der Waals surface area contributed by atoms with Crippen LogP contribution in [0, 0.1) is 11.8 Å². The van der Waals surface area contributed by atoms with Crippen molar-refractivity contribution in [3.8, 4) is 0 Å². The topological polar surface area (TPSA) is 12.0 Å². The molecule has 2 rings (SSSR count). The van der Waals surface area contributed by atoms with Crippen LogP contribution in [0.3, 0.4) is 0 Å². The number of likely N-dealkylation sites (N-methyl/N-ethyl adjacent to an activating group) is 1. The summed E-state index contributed by atoms with van der Waals surface area (Å²) in [7, 11) is 0. The molecule has 3 unspecified atom stereocenters. The Morgan fingerprint density at radius 1 is 1.26 bits per heavy atom. The molecule has 1 aromatic rings. The Bertz CT molecular complexity index is 373. The van der Waals surface area contributed by atoms with Crippen LogP contribution in [-0.2, 0) is 6.42 Å². The predicted octanol–water partition coefficient (Wildman–Crippen LogP) is 4.80. The first kappa shape index (κ1) is 15.1. The van der Waals surface area contributed by atoms with Crippen molar-refractivity contribution in [1.82, 2.24) is 5.32 Å². The van der Waals surface area contributed by atoms with Gasteiger partial charge in [0.2, 0.25) is 0 Å².